The summed E-state index contributed by atoms with van der Waals surface area (Å²) in [6.07, 6.45) is -1.91. The van der Waals surface area contributed by atoms with Gasteiger partial charge in [0.15, 0.2) is 0 Å². The van der Waals surface area contributed by atoms with Gasteiger partial charge in [0.1, 0.15) is 6.10 Å². The van der Waals surface area contributed by atoms with Crippen molar-refractivity contribution in [1.29, 1.82) is 0 Å². The van der Waals surface area contributed by atoms with E-state index in [0.29, 0.717) is 0 Å². The van der Waals surface area contributed by atoms with Crippen molar-refractivity contribution in [1.82, 2.24) is 0 Å². The summed E-state index contributed by atoms with van der Waals surface area (Å²) in [4.78, 5) is 0. The summed E-state index contributed by atoms with van der Waals surface area (Å²) in [5.74, 6) is 0. The van der Waals surface area contributed by atoms with Crippen molar-refractivity contribution in [2.24, 2.45) is 0 Å². The van der Waals surface area contributed by atoms with Crippen molar-refractivity contribution in [3.8, 4) is 0 Å². The third-order valence-corrected chi connectivity index (χ3v) is 2.02. The van der Waals surface area contributed by atoms with Crippen LogP contribution in [0.5, 0.6) is 0 Å². The molecule has 3 N–H and O–H groups in total. The minimum Gasteiger partial charge on any atom is -0.394 e. The molecule has 0 bridgehead atoms. The summed E-state index contributed by atoms with van der Waals surface area (Å²) in [5, 5.41) is 27.1. The molecule has 4 nitrogen and oxygen atoms in total. The maximum absolute atomic E-state index is 9.21. The standard InChI is InChI=1S/C7H14O4/c1-4-5(9)2-6(10)7(3-8)11-4/h4-10H,2-3H2,1H3/t4-,5?,6-,7+/m0/s1. The van der Waals surface area contributed by atoms with Gasteiger partial charge in [-0.05, 0) is 6.92 Å². The minimum atomic E-state index is -0.744. The lowest BCUT2D eigenvalue weighted by atomic mass is 10.00. The van der Waals surface area contributed by atoms with E-state index >= 15 is 0 Å². The van der Waals surface area contributed by atoms with Crippen LogP contribution in [0.3, 0.4) is 0 Å². The zero-order chi connectivity index (χ0) is 8.43. The van der Waals surface area contributed by atoms with Gasteiger partial charge in [-0.25, -0.2) is 0 Å². The van der Waals surface area contributed by atoms with Crippen LogP contribution in [0.2, 0.25) is 0 Å². The molecule has 1 fully saturated rings. The van der Waals surface area contributed by atoms with Gasteiger partial charge in [-0.1, -0.05) is 0 Å². The molecule has 1 aliphatic rings. The van der Waals surface area contributed by atoms with E-state index in [9.17, 15) is 10.2 Å². The predicted octanol–water partition coefficient (Wildman–Crippen LogP) is -1.12. The lowest BCUT2D eigenvalue weighted by molar-refractivity contribution is -0.173. The van der Waals surface area contributed by atoms with Crippen molar-refractivity contribution >= 4 is 0 Å². The molecule has 4 heteroatoms. The molecule has 1 rings (SSSR count). The number of hydrogen-bond donors (Lipinski definition) is 3. The van der Waals surface area contributed by atoms with Gasteiger partial charge >= 0.3 is 0 Å². The van der Waals surface area contributed by atoms with E-state index in [1.807, 2.05) is 0 Å². The van der Waals surface area contributed by atoms with E-state index in [0.717, 1.165) is 0 Å². The van der Waals surface area contributed by atoms with Crippen LogP contribution in [-0.4, -0.2) is 46.3 Å². The normalized spacial score (nSPS) is 45.8. The summed E-state index contributed by atoms with van der Waals surface area (Å²) >= 11 is 0. The molecule has 0 aromatic rings. The third-order valence-electron chi connectivity index (χ3n) is 2.02. The molecule has 66 valence electrons. The fraction of sp³-hybridized carbons (Fsp3) is 1.00. The van der Waals surface area contributed by atoms with Crippen LogP contribution in [-0.2, 0) is 4.74 Å². The first kappa shape index (κ1) is 8.93. The first-order valence-electron chi connectivity index (χ1n) is 3.77. The van der Waals surface area contributed by atoms with Crippen LogP contribution >= 0.6 is 0 Å². The highest BCUT2D eigenvalue weighted by atomic mass is 16.5. The predicted molar refractivity (Wildman–Crippen MR) is 38.1 cm³/mol. The summed E-state index contributed by atoms with van der Waals surface area (Å²) in [7, 11) is 0. The largest absolute Gasteiger partial charge is 0.394 e. The summed E-state index contributed by atoms with van der Waals surface area (Å²) in [5.41, 5.74) is 0. The number of ether oxygens (including phenoxy) is 1. The molecule has 0 aromatic heterocycles. The van der Waals surface area contributed by atoms with Crippen LogP contribution in [0.25, 0.3) is 0 Å². The molecule has 1 saturated heterocycles. The quantitative estimate of drug-likeness (QED) is 0.456. The summed E-state index contributed by atoms with van der Waals surface area (Å²) in [6.45, 7) is 1.53. The SMILES string of the molecule is C[C@@H]1O[C@H](CO)[C@@H](O)CC1O. The molecule has 0 spiro atoms. The molecule has 0 aliphatic carbocycles. The van der Waals surface area contributed by atoms with Gasteiger partial charge in [0, 0.05) is 6.42 Å². The smallest absolute Gasteiger partial charge is 0.107 e. The van der Waals surface area contributed by atoms with E-state index in [-0.39, 0.29) is 19.1 Å². The molecule has 0 amide bonds. The fourth-order valence-corrected chi connectivity index (χ4v) is 1.21. The zero-order valence-corrected chi connectivity index (χ0v) is 6.47. The second-order valence-corrected chi connectivity index (χ2v) is 2.93. The Hall–Kier alpha value is -0.160. The second kappa shape index (κ2) is 3.49. The fourth-order valence-electron chi connectivity index (χ4n) is 1.21. The zero-order valence-electron chi connectivity index (χ0n) is 6.47. The Morgan fingerprint density at radius 2 is 2.00 bits per heavy atom. The second-order valence-electron chi connectivity index (χ2n) is 2.93. The molecule has 1 aliphatic heterocycles. The Morgan fingerprint density at radius 3 is 2.55 bits per heavy atom. The maximum Gasteiger partial charge on any atom is 0.107 e. The molecule has 4 atom stereocenters. The van der Waals surface area contributed by atoms with E-state index < -0.39 is 18.3 Å². The number of rotatable bonds is 1. The molecule has 0 radical (unpaired) electrons. The van der Waals surface area contributed by atoms with Crippen molar-refractivity contribution in [3.63, 3.8) is 0 Å². The first-order chi connectivity index (χ1) is 5.15. The summed E-state index contributed by atoms with van der Waals surface area (Å²) < 4.78 is 5.11. The minimum absolute atomic E-state index is 0.196. The Balaban J connectivity index is 2.48. The Bertz CT molecular complexity index is 128. The highest BCUT2D eigenvalue weighted by Crippen LogP contribution is 2.19. The van der Waals surface area contributed by atoms with Gasteiger partial charge in [-0.15, -0.1) is 0 Å². The monoisotopic (exact) mass is 162 g/mol. The van der Waals surface area contributed by atoms with Crippen LogP contribution in [0.4, 0.5) is 0 Å². The Morgan fingerprint density at radius 1 is 1.36 bits per heavy atom. The van der Waals surface area contributed by atoms with Crippen LogP contribution in [0.1, 0.15) is 13.3 Å². The van der Waals surface area contributed by atoms with E-state index in [2.05, 4.69) is 0 Å². The van der Waals surface area contributed by atoms with Gasteiger partial charge in [-0.2, -0.15) is 0 Å². The van der Waals surface area contributed by atoms with E-state index in [1.54, 1.807) is 6.92 Å². The number of hydrogen-bond acceptors (Lipinski definition) is 4. The lowest BCUT2D eigenvalue weighted by Gasteiger charge is -2.34. The number of aliphatic hydroxyl groups is 3. The number of aliphatic hydroxyl groups excluding tert-OH is 3. The topological polar surface area (TPSA) is 69.9 Å². The van der Waals surface area contributed by atoms with Crippen LogP contribution < -0.4 is 0 Å². The first-order valence-corrected chi connectivity index (χ1v) is 3.77. The maximum atomic E-state index is 9.21. The van der Waals surface area contributed by atoms with Gasteiger partial charge < -0.3 is 20.1 Å². The average molecular weight is 162 g/mol. The van der Waals surface area contributed by atoms with Gasteiger partial charge in [0.2, 0.25) is 0 Å². The van der Waals surface area contributed by atoms with Crippen LogP contribution in [0, 0.1) is 0 Å². The van der Waals surface area contributed by atoms with Crippen LogP contribution in [0.15, 0.2) is 0 Å². The average Bonchev–Trinajstić information content (AvgIpc) is 1.97. The summed E-state index contributed by atoms with van der Waals surface area (Å²) in [6, 6.07) is 0. The third kappa shape index (κ3) is 1.90. The van der Waals surface area contributed by atoms with E-state index in [4.69, 9.17) is 9.84 Å². The highest BCUT2D eigenvalue weighted by Gasteiger charge is 2.32. The Kier molecular flexibility index (Phi) is 2.84. The van der Waals surface area contributed by atoms with E-state index in [1.165, 1.54) is 0 Å². The van der Waals surface area contributed by atoms with Gasteiger partial charge in [0.05, 0.1) is 24.9 Å². The lowest BCUT2D eigenvalue weighted by Crippen LogP contribution is -2.47. The molecule has 11 heavy (non-hydrogen) atoms. The van der Waals surface area contributed by atoms with Gasteiger partial charge in [0.25, 0.3) is 0 Å². The molecule has 0 saturated carbocycles. The molecular weight excluding hydrogens is 148 g/mol. The van der Waals surface area contributed by atoms with Crippen molar-refractivity contribution in [3.05, 3.63) is 0 Å². The van der Waals surface area contributed by atoms with Crippen molar-refractivity contribution in [2.75, 3.05) is 6.61 Å². The molecule has 0 aromatic carbocycles. The van der Waals surface area contributed by atoms with Crippen molar-refractivity contribution < 1.29 is 20.1 Å². The molecular formula is C7H14O4. The molecule has 1 unspecified atom stereocenters. The van der Waals surface area contributed by atoms with Crippen molar-refractivity contribution in [2.45, 2.75) is 37.8 Å². The molecule has 1 heterocycles. The highest BCUT2D eigenvalue weighted by molar-refractivity contribution is 4.81. The Labute approximate surface area is 65.4 Å². The van der Waals surface area contributed by atoms with Gasteiger partial charge in [-0.3, -0.25) is 0 Å².